The lowest BCUT2D eigenvalue weighted by Crippen LogP contribution is -2.05. The number of nitrogens with one attached hydrogen (secondary N) is 1. The van der Waals surface area contributed by atoms with Gasteiger partial charge >= 0.3 is 0 Å². The van der Waals surface area contributed by atoms with Crippen molar-refractivity contribution >= 4 is 39.2 Å². The summed E-state index contributed by atoms with van der Waals surface area (Å²) < 4.78 is 10.4. The Balaban J connectivity index is 0.000000220. The van der Waals surface area contributed by atoms with Gasteiger partial charge in [0.25, 0.3) is 0 Å². The molecule has 0 saturated heterocycles. The normalized spacial score (nSPS) is 10.3. The maximum atomic E-state index is 11.1. The summed E-state index contributed by atoms with van der Waals surface area (Å²) in [5.41, 5.74) is 8.13. The van der Waals surface area contributed by atoms with Crippen LogP contribution in [0.5, 0.6) is 0 Å². The lowest BCUT2D eigenvalue weighted by atomic mass is 10.1. The Morgan fingerprint density at radius 2 is 1.83 bits per heavy atom. The third-order valence-corrected chi connectivity index (χ3v) is 3.26. The van der Waals surface area contributed by atoms with Crippen LogP contribution in [0.25, 0.3) is 21.9 Å². The van der Waals surface area contributed by atoms with Gasteiger partial charge in [0.05, 0.1) is 17.6 Å². The van der Waals surface area contributed by atoms with Gasteiger partial charge in [0.2, 0.25) is 5.91 Å². The number of rotatable bonds is 1. The van der Waals surface area contributed by atoms with E-state index in [4.69, 9.17) is 10.2 Å². The number of amides is 1. The standard InChI is InChI=1S/C14H11NO2.C4H5NO/c1-9(16)15-12-7-4-6-11-10-5-2-3-8-13(10)17-14(11)12;5-4-1-2-6-3-4/h2-8H,1H3,(H,15,16);1-3H,5H2. The van der Waals surface area contributed by atoms with Crippen molar-refractivity contribution in [1.29, 1.82) is 0 Å². The number of benzene rings is 2. The molecule has 1 amide bonds. The first-order valence-corrected chi connectivity index (χ1v) is 7.10. The first-order chi connectivity index (χ1) is 11.1. The van der Waals surface area contributed by atoms with E-state index in [9.17, 15) is 4.79 Å². The molecule has 5 heteroatoms. The summed E-state index contributed by atoms with van der Waals surface area (Å²) in [4.78, 5) is 11.1. The van der Waals surface area contributed by atoms with Crippen molar-refractivity contribution in [2.24, 2.45) is 0 Å². The molecular formula is C18H16N2O3. The van der Waals surface area contributed by atoms with Crippen LogP contribution in [0.2, 0.25) is 0 Å². The third-order valence-electron chi connectivity index (χ3n) is 3.26. The van der Waals surface area contributed by atoms with Crippen LogP contribution >= 0.6 is 0 Å². The molecule has 5 nitrogen and oxygen atoms in total. The second-order valence-electron chi connectivity index (χ2n) is 5.02. The molecule has 0 spiro atoms. The van der Waals surface area contributed by atoms with Gasteiger partial charge in [-0.05, 0) is 18.2 Å². The summed E-state index contributed by atoms with van der Waals surface area (Å²) in [5, 5.41) is 4.86. The van der Waals surface area contributed by atoms with Gasteiger partial charge in [-0.3, -0.25) is 4.79 Å². The minimum atomic E-state index is -0.0991. The van der Waals surface area contributed by atoms with Crippen LogP contribution < -0.4 is 11.1 Å². The highest BCUT2D eigenvalue weighted by Crippen LogP contribution is 2.32. The summed E-state index contributed by atoms with van der Waals surface area (Å²) in [6.45, 7) is 1.49. The third kappa shape index (κ3) is 3.18. The molecule has 23 heavy (non-hydrogen) atoms. The Kier molecular flexibility index (Phi) is 4.01. The molecule has 0 aliphatic rings. The number of para-hydroxylation sites is 2. The van der Waals surface area contributed by atoms with E-state index in [1.54, 1.807) is 6.07 Å². The Labute approximate surface area is 132 Å². The van der Waals surface area contributed by atoms with E-state index in [2.05, 4.69) is 9.73 Å². The Hall–Kier alpha value is -3.21. The smallest absolute Gasteiger partial charge is 0.221 e. The molecule has 0 aliphatic heterocycles. The number of fused-ring (bicyclic) bond motifs is 3. The summed E-state index contributed by atoms with van der Waals surface area (Å²) in [6.07, 6.45) is 3.02. The summed E-state index contributed by atoms with van der Waals surface area (Å²) in [5.74, 6) is -0.0991. The second kappa shape index (κ2) is 6.27. The topological polar surface area (TPSA) is 81.4 Å². The number of carbonyl (C=O) groups excluding carboxylic acids is 1. The van der Waals surface area contributed by atoms with Crippen LogP contribution in [-0.2, 0) is 4.79 Å². The van der Waals surface area contributed by atoms with Gasteiger partial charge in [0, 0.05) is 17.7 Å². The van der Waals surface area contributed by atoms with Crippen molar-refractivity contribution in [2.45, 2.75) is 6.92 Å². The van der Waals surface area contributed by atoms with Gasteiger partial charge in [-0.2, -0.15) is 0 Å². The number of anilines is 2. The molecule has 2 aromatic carbocycles. The fraction of sp³-hybridized carbons (Fsp3) is 0.0556. The minimum Gasteiger partial charge on any atom is -0.470 e. The van der Waals surface area contributed by atoms with E-state index >= 15 is 0 Å². The Morgan fingerprint density at radius 3 is 2.48 bits per heavy atom. The zero-order valence-electron chi connectivity index (χ0n) is 12.6. The first-order valence-electron chi connectivity index (χ1n) is 7.10. The average molecular weight is 308 g/mol. The van der Waals surface area contributed by atoms with Gasteiger partial charge in [0.15, 0.2) is 5.58 Å². The van der Waals surface area contributed by atoms with Crippen molar-refractivity contribution in [2.75, 3.05) is 11.1 Å². The van der Waals surface area contributed by atoms with Crippen LogP contribution in [-0.4, -0.2) is 5.91 Å². The SMILES string of the molecule is CC(=O)Nc1cccc2c1oc1ccccc12.Nc1ccoc1. The first kappa shape index (κ1) is 14.7. The molecule has 0 radical (unpaired) electrons. The molecule has 0 bridgehead atoms. The molecule has 4 rings (SSSR count). The number of hydrogen-bond acceptors (Lipinski definition) is 4. The van der Waals surface area contributed by atoms with E-state index in [1.807, 2.05) is 42.5 Å². The van der Waals surface area contributed by atoms with Gasteiger partial charge < -0.3 is 19.9 Å². The number of furan rings is 2. The second-order valence-corrected chi connectivity index (χ2v) is 5.02. The van der Waals surface area contributed by atoms with Crippen molar-refractivity contribution < 1.29 is 13.6 Å². The van der Waals surface area contributed by atoms with E-state index in [0.29, 0.717) is 11.4 Å². The van der Waals surface area contributed by atoms with Crippen molar-refractivity contribution in [3.63, 3.8) is 0 Å². The Bertz CT molecular complexity index is 939. The monoisotopic (exact) mass is 308 g/mol. The zero-order valence-corrected chi connectivity index (χ0v) is 12.6. The van der Waals surface area contributed by atoms with Crippen molar-refractivity contribution in [3.05, 3.63) is 61.1 Å². The van der Waals surface area contributed by atoms with Crippen molar-refractivity contribution in [1.82, 2.24) is 0 Å². The minimum absolute atomic E-state index is 0.0991. The highest BCUT2D eigenvalue weighted by Gasteiger charge is 2.10. The van der Waals surface area contributed by atoms with Gasteiger partial charge in [-0.15, -0.1) is 0 Å². The van der Waals surface area contributed by atoms with Crippen LogP contribution in [0.1, 0.15) is 6.92 Å². The van der Waals surface area contributed by atoms with Gasteiger partial charge in [-0.25, -0.2) is 0 Å². The molecule has 3 N–H and O–H groups in total. The van der Waals surface area contributed by atoms with E-state index < -0.39 is 0 Å². The van der Waals surface area contributed by atoms with Gasteiger partial charge in [-0.1, -0.05) is 30.3 Å². The van der Waals surface area contributed by atoms with E-state index in [-0.39, 0.29) is 5.91 Å². The van der Waals surface area contributed by atoms with Crippen LogP contribution in [0, 0.1) is 0 Å². The number of carbonyl (C=O) groups is 1. The van der Waals surface area contributed by atoms with Crippen LogP contribution in [0.4, 0.5) is 11.4 Å². The molecule has 0 saturated carbocycles. The maximum absolute atomic E-state index is 11.1. The average Bonchev–Trinajstić information content (AvgIpc) is 3.15. The molecular weight excluding hydrogens is 292 g/mol. The highest BCUT2D eigenvalue weighted by molar-refractivity contribution is 6.10. The number of hydrogen-bond donors (Lipinski definition) is 2. The van der Waals surface area contributed by atoms with Crippen LogP contribution in [0.3, 0.4) is 0 Å². The molecule has 2 aromatic heterocycles. The number of nitrogens with two attached hydrogens (primary N) is 1. The maximum Gasteiger partial charge on any atom is 0.221 e. The lowest BCUT2D eigenvalue weighted by Gasteiger charge is -2.01. The highest BCUT2D eigenvalue weighted by atomic mass is 16.3. The zero-order chi connectivity index (χ0) is 16.2. The molecule has 0 atom stereocenters. The Morgan fingerprint density at radius 1 is 1.04 bits per heavy atom. The lowest BCUT2D eigenvalue weighted by molar-refractivity contribution is -0.114. The molecule has 116 valence electrons. The fourth-order valence-electron chi connectivity index (χ4n) is 2.31. The van der Waals surface area contributed by atoms with Crippen LogP contribution in [0.15, 0.2) is 69.9 Å². The largest absolute Gasteiger partial charge is 0.470 e. The molecule has 0 fully saturated rings. The van der Waals surface area contributed by atoms with Crippen molar-refractivity contribution in [3.8, 4) is 0 Å². The van der Waals surface area contributed by atoms with E-state index in [0.717, 1.165) is 21.9 Å². The number of nitrogen functional groups attached to an aromatic ring is 1. The molecule has 2 heterocycles. The predicted octanol–water partition coefficient (Wildman–Crippen LogP) is 4.41. The fourth-order valence-corrected chi connectivity index (χ4v) is 2.31. The van der Waals surface area contributed by atoms with E-state index in [1.165, 1.54) is 19.5 Å². The quantitative estimate of drug-likeness (QED) is 0.546. The molecule has 4 aromatic rings. The summed E-state index contributed by atoms with van der Waals surface area (Å²) >= 11 is 0. The molecule has 0 unspecified atom stereocenters. The molecule has 0 aliphatic carbocycles. The van der Waals surface area contributed by atoms with Gasteiger partial charge in [0.1, 0.15) is 11.8 Å². The summed E-state index contributed by atoms with van der Waals surface area (Å²) in [6, 6.07) is 15.3. The predicted molar refractivity (Wildman–Crippen MR) is 91.1 cm³/mol. The summed E-state index contributed by atoms with van der Waals surface area (Å²) in [7, 11) is 0.